The third-order valence-corrected chi connectivity index (χ3v) is 12.5. The van der Waals surface area contributed by atoms with Crippen molar-refractivity contribution in [3.63, 3.8) is 0 Å². The monoisotopic (exact) mass is 528 g/mol. The fourth-order valence-corrected chi connectivity index (χ4v) is 10.3. The molecule has 186 valence electrons. The summed E-state index contributed by atoms with van der Waals surface area (Å²) in [5.41, 5.74) is 3.26. The molecular weight excluding hydrogens is 482 g/mol. The smallest absolute Gasteiger partial charge is 0.316 e. The van der Waals surface area contributed by atoms with Crippen LogP contribution in [0.25, 0.3) is 0 Å². The Morgan fingerprint density at radius 3 is 1.79 bits per heavy atom. The molecule has 33 heavy (non-hydrogen) atoms. The van der Waals surface area contributed by atoms with E-state index in [-0.39, 0.29) is 30.1 Å². The van der Waals surface area contributed by atoms with Crippen molar-refractivity contribution in [2.24, 2.45) is 11.8 Å². The molecule has 5 heteroatoms. The summed E-state index contributed by atoms with van der Waals surface area (Å²) in [6.45, 7) is 19.4. The minimum Gasteiger partial charge on any atom is -0.316 e. The summed E-state index contributed by atoms with van der Waals surface area (Å²) < 4.78 is 0. The van der Waals surface area contributed by atoms with Crippen LogP contribution in [-0.2, 0) is 28.4 Å². The van der Waals surface area contributed by atoms with Crippen LogP contribution < -0.4 is 10.6 Å². The van der Waals surface area contributed by atoms with Gasteiger partial charge in [0, 0.05) is 0 Å². The average Bonchev–Trinajstić information content (AvgIpc) is 3.51. The van der Waals surface area contributed by atoms with Gasteiger partial charge in [-0.05, 0) is 66.3 Å². The summed E-state index contributed by atoms with van der Waals surface area (Å²) in [7, 11) is 3.27. The van der Waals surface area contributed by atoms with E-state index >= 15 is 0 Å². The van der Waals surface area contributed by atoms with E-state index in [1.807, 2.05) is 30.3 Å². The van der Waals surface area contributed by atoms with Crippen molar-refractivity contribution in [2.75, 3.05) is 26.2 Å². The van der Waals surface area contributed by atoms with Crippen LogP contribution >= 0.6 is 17.2 Å². The Hall–Kier alpha value is -0.000519. The summed E-state index contributed by atoms with van der Waals surface area (Å²) in [5.74, 6) is 1.45. The Morgan fingerprint density at radius 2 is 1.42 bits per heavy atom. The topological polar surface area (TPSA) is 24.1 Å². The largest absolute Gasteiger partial charge is 2.00 e. The van der Waals surface area contributed by atoms with Gasteiger partial charge >= 0.3 is 17.1 Å². The zero-order valence-electron chi connectivity index (χ0n) is 21.6. The molecule has 2 nitrogen and oxygen atoms in total. The van der Waals surface area contributed by atoms with Crippen LogP contribution in [0.5, 0.6) is 0 Å². The van der Waals surface area contributed by atoms with Crippen LogP contribution in [0.1, 0.15) is 65.5 Å². The Balaban J connectivity index is 0.000000568. The molecule has 2 heterocycles. The molecule has 2 aliphatic heterocycles. The SMILES string of the molecule is CC(C)(C)P(Cc1cc[cH-]c1C(P)(C1CCNC1)C1CCNC1)C(C)(C)C.[Fe+2].c1cc[cH-]c1. The van der Waals surface area contributed by atoms with Gasteiger partial charge in [-0.2, -0.15) is 41.5 Å². The van der Waals surface area contributed by atoms with Crippen molar-refractivity contribution in [1.82, 2.24) is 10.6 Å². The molecule has 0 aliphatic carbocycles. The zero-order chi connectivity index (χ0) is 23.4. The maximum absolute atomic E-state index is 3.64. The van der Waals surface area contributed by atoms with Crippen molar-refractivity contribution >= 4 is 17.2 Å². The summed E-state index contributed by atoms with van der Waals surface area (Å²) >= 11 is 0. The molecule has 3 atom stereocenters. The van der Waals surface area contributed by atoms with Gasteiger partial charge in [-0.25, -0.2) is 18.2 Å². The minimum atomic E-state index is -0.122. The van der Waals surface area contributed by atoms with E-state index in [9.17, 15) is 0 Å². The average molecular weight is 528 g/mol. The second-order valence-electron chi connectivity index (χ2n) is 11.7. The molecule has 2 aliphatic rings. The Morgan fingerprint density at radius 1 is 0.909 bits per heavy atom. The maximum atomic E-state index is 3.64. The van der Waals surface area contributed by atoms with Gasteiger partial charge in [0.05, 0.1) is 0 Å². The third-order valence-electron chi connectivity index (χ3n) is 7.35. The van der Waals surface area contributed by atoms with Crippen molar-refractivity contribution in [3.8, 4) is 0 Å². The normalized spacial score (nSPS) is 23.0. The standard InChI is InChI=1S/C23H41N2P2.C5H5.Fe/c1-21(2,3)27(22(4,5)6)16-17-8-7-9-20(17)23(26,18-10-12-24-14-18)19-11-13-25-15-19;1-2-4-5-3-1;/h7-9,18-19,24-25H,10-16,26H2,1-6H3;1-5H;/q2*-1;+2. The molecule has 0 aromatic heterocycles. The molecule has 2 aromatic carbocycles. The van der Waals surface area contributed by atoms with Crippen LogP contribution in [0, 0.1) is 11.8 Å². The number of hydrogen-bond donors (Lipinski definition) is 2. The first-order chi connectivity index (χ1) is 15.0. The van der Waals surface area contributed by atoms with Gasteiger partial charge in [0.15, 0.2) is 0 Å². The third kappa shape index (κ3) is 7.26. The quantitative estimate of drug-likeness (QED) is 0.257. The molecule has 2 fully saturated rings. The maximum Gasteiger partial charge on any atom is 2.00 e. The fraction of sp³-hybridized carbons (Fsp3) is 0.643. The number of rotatable bonds is 5. The molecule has 2 saturated heterocycles. The van der Waals surface area contributed by atoms with E-state index in [1.165, 1.54) is 32.1 Å². The Labute approximate surface area is 218 Å². The van der Waals surface area contributed by atoms with Crippen LogP contribution in [-0.4, -0.2) is 36.5 Å². The van der Waals surface area contributed by atoms with Crippen LogP contribution in [0.15, 0.2) is 48.5 Å². The molecule has 3 unspecified atom stereocenters. The molecular formula is C28H46FeN2P2. The van der Waals surface area contributed by atoms with Gasteiger partial charge in [-0.3, -0.25) is 0 Å². The fourth-order valence-electron chi connectivity index (χ4n) is 5.89. The van der Waals surface area contributed by atoms with E-state index in [4.69, 9.17) is 0 Å². The van der Waals surface area contributed by atoms with Gasteiger partial charge in [0.2, 0.25) is 0 Å². The summed E-state index contributed by atoms with van der Waals surface area (Å²) in [4.78, 5) is 0. The molecule has 0 bridgehead atoms. The zero-order valence-corrected chi connectivity index (χ0v) is 24.8. The van der Waals surface area contributed by atoms with Gasteiger partial charge in [0.25, 0.3) is 0 Å². The number of nitrogens with one attached hydrogen (secondary N) is 2. The van der Waals surface area contributed by atoms with E-state index in [2.05, 4.69) is 79.6 Å². The molecule has 0 amide bonds. The molecule has 2 aromatic rings. The first-order valence-corrected chi connectivity index (χ1v) is 14.5. The van der Waals surface area contributed by atoms with Crippen molar-refractivity contribution in [1.29, 1.82) is 0 Å². The predicted molar refractivity (Wildman–Crippen MR) is 148 cm³/mol. The Bertz CT molecular complexity index is 741. The molecule has 0 radical (unpaired) electrons. The predicted octanol–water partition coefficient (Wildman–Crippen LogP) is 6.68. The van der Waals surface area contributed by atoms with Crippen LogP contribution in [0.4, 0.5) is 0 Å². The van der Waals surface area contributed by atoms with Crippen molar-refractivity contribution < 1.29 is 17.1 Å². The first kappa shape index (κ1) is 29.2. The first-order valence-electron chi connectivity index (χ1n) is 12.4. The molecule has 0 saturated carbocycles. The number of hydrogen-bond acceptors (Lipinski definition) is 2. The molecule has 4 rings (SSSR count). The molecule has 0 spiro atoms. The minimum absolute atomic E-state index is 0. The van der Waals surface area contributed by atoms with Gasteiger partial charge in [-0.1, -0.05) is 47.7 Å². The summed E-state index contributed by atoms with van der Waals surface area (Å²) in [6, 6.07) is 17.2. The van der Waals surface area contributed by atoms with E-state index in [0.717, 1.165) is 24.9 Å². The van der Waals surface area contributed by atoms with Crippen LogP contribution in [0.3, 0.4) is 0 Å². The van der Waals surface area contributed by atoms with E-state index in [1.54, 1.807) is 11.1 Å². The van der Waals surface area contributed by atoms with E-state index < -0.39 is 0 Å². The van der Waals surface area contributed by atoms with Gasteiger partial charge < -0.3 is 10.6 Å². The van der Waals surface area contributed by atoms with E-state index in [0.29, 0.717) is 10.3 Å². The summed E-state index contributed by atoms with van der Waals surface area (Å²) in [5, 5.41) is 8.24. The summed E-state index contributed by atoms with van der Waals surface area (Å²) in [6.07, 6.45) is 3.86. The Kier molecular flexibility index (Phi) is 10.9. The van der Waals surface area contributed by atoms with Crippen LogP contribution in [0.2, 0.25) is 0 Å². The molecule has 2 N–H and O–H groups in total. The van der Waals surface area contributed by atoms with Crippen molar-refractivity contribution in [3.05, 3.63) is 59.7 Å². The second-order valence-corrected chi connectivity index (χ2v) is 16.5. The second kappa shape index (κ2) is 12.3. The van der Waals surface area contributed by atoms with Gasteiger partial charge in [-0.15, -0.1) is 17.2 Å². The van der Waals surface area contributed by atoms with Crippen molar-refractivity contribution in [2.45, 2.75) is 76.0 Å². The van der Waals surface area contributed by atoms with Gasteiger partial charge in [0.1, 0.15) is 0 Å².